The van der Waals surface area contributed by atoms with Gasteiger partial charge < -0.3 is 5.11 Å². The first kappa shape index (κ1) is 19.3. The number of rotatable bonds is 3. The molecule has 5 rings (SSSR count). The summed E-state index contributed by atoms with van der Waals surface area (Å²) in [6, 6.07) is 5.74. The predicted octanol–water partition coefficient (Wildman–Crippen LogP) is 2.61. The number of nitrogens with zero attached hydrogens (tertiary/aromatic N) is 3. The Balaban J connectivity index is 1.55. The van der Waals surface area contributed by atoms with Gasteiger partial charge in [-0.15, -0.1) is 0 Å². The van der Waals surface area contributed by atoms with Crippen molar-refractivity contribution in [2.75, 3.05) is 4.90 Å². The third-order valence-corrected chi connectivity index (χ3v) is 5.94. The number of fused-ring (bicyclic) bond motifs is 2. The Morgan fingerprint density at radius 2 is 2.10 bits per heavy atom. The highest BCUT2D eigenvalue weighted by Crippen LogP contribution is 2.43. The van der Waals surface area contributed by atoms with Gasteiger partial charge in [-0.2, -0.15) is 5.10 Å². The van der Waals surface area contributed by atoms with Crippen molar-refractivity contribution >= 4 is 22.4 Å². The first-order valence-corrected chi connectivity index (χ1v) is 9.90. The van der Waals surface area contributed by atoms with Crippen LogP contribution in [0.1, 0.15) is 24.6 Å². The summed E-state index contributed by atoms with van der Waals surface area (Å²) in [6.07, 6.45) is 9.69. The molecule has 3 aromatic rings. The number of allylic oxidation sites excluding steroid dienone is 3. The minimum atomic E-state index is -1.50. The highest BCUT2D eigenvalue weighted by Gasteiger charge is 2.53. The summed E-state index contributed by atoms with van der Waals surface area (Å²) < 4.78 is 13.8. The molecule has 3 heterocycles. The van der Waals surface area contributed by atoms with Crippen molar-refractivity contribution in [1.82, 2.24) is 15.2 Å². The number of carbonyl (C=O) groups excluding carboxylic acids is 1. The number of halogens is 1. The van der Waals surface area contributed by atoms with Crippen molar-refractivity contribution in [3.63, 3.8) is 0 Å². The molecule has 7 nitrogen and oxygen atoms in total. The van der Waals surface area contributed by atoms with Crippen LogP contribution >= 0.6 is 0 Å². The monoisotopic (exact) mass is 418 g/mol. The topological polar surface area (TPSA) is 99.2 Å². The fourth-order valence-electron chi connectivity index (χ4n) is 4.34. The van der Waals surface area contributed by atoms with Crippen molar-refractivity contribution in [3.8, 4) is 0 Å². The van der Waals surface area contributed by atoms with E-state index >= 15 is 0 Å². The summed E-state index contributed by atoms with van der Waals surface area (Å²) in [5.41, 5.74) is 0.591. The third-order valence-electron chi connectivity index (χ3n) is 5.94. The van der Waals surface area contributed by atoms with Crippen molar-refractivity contribution in [3.05, 3.63) is 88.0 Å². The van der Waals surface area contributed by atoms with Gasteiger partial charge in [-0.25, -0.2) is 9.49 Å². The molecule has 1 aliphatic carbocycles. The van der Waals surface area contributed by atoms with Gasteiger partial charge in [-0.3, -0.25) is 19.5 Å². The van der Waals surface area contributed by atoms with Crippen molar-refractivity contribution in [2.24, 2.45) is 5.92 Å². The lowest BCUT2D eigenvalue weighted by molar-refractivity contribution is -0.134. The molecule has 0 bridgehead atoms. The standard InChI is InChI=1S/C23H19FN4O3/c1-23(31)18-4-2-3-5-20(18)28(22(23)30)15-8-13(11-25-12-15)9-19-17-10-14(24)6-7-16(17)21(29)27-26-19/h2-3,5-8,10-12,18,31H,4,9H2,1H3,(H,27,29). The molecule has 2 unspecified atom stereocenters. The van der Waals surface area contributed by atoms with Crippen LogP contribution in [0.3, 0.4) is 0 Å². The summed E-state index contributed by atoms with van der Waals surface area (Å²) >= 11 is 0. The van der Waals surface area contributed by atoms with Gasteiger partial charge in [0, 0.05) is 29.6 Å². The molecule has 0 saturated carbocycles. The Hall–Kier alpha value is -3.65. The highest BCUT2D eigenvalue weighted by atomic mass is 19.1. The van der Waals surface area contributed by atoms with Crippen LogP contribution < -0.4 is 10.5 Å². The number of hydrogen-bond donors (Lipinski definition) is 2. The Kier molecular flexibility index (Phi) is 4.33. The van der Waals surface area contributed by atoms with E-state index in [1.165, 1.54) is 30.0 Å². The van der Waals surface area contributed by atoms with Crippen molar-refractivity contribution in [2.45, 2.75) is 25.4 Å². The molecule has 1 saturated heterocycles. The molecule has 1 aromatic carbocycles. The largest absolute Gasteiger partial charge is 0.380 e. The third kappa shape index (κ3) is 3.07. The minimum absolute atomic E-state index is 0.276. The van der Waals surface area contributed by atoms with Gasteiger partial charge in [0.1, 0.15) is 11.4 Å². The Morgan fingerprint density at radius 1 is 1.26 bits per heavy atom. The lowest BCUT2D eigenvalue weighted by Crippen LogP contribution is -2.40. The van der Waals surface area contributed by atoms with E-state index in [0.717, 1.165) is 11.3 Å². The Labute approximate surface area is 176 Å². The van der Waals surface area contributed by atoms with Crippen LogP contribution in [0, 0.1) is 11.7 Å². The van der Waals surface area contributed by atoms with E-state index in [2.05, 4.69) is 15.2 Å². The minimum Gasteiger partial charge on any atom is -0.380 e. The molecule has 2 atom stereocenters. The summed E-state index contributed by atoms with van der Waals surface area (Å²) in [4.78, 5) is 30.8. The number of aromatic nitrogens is 3. The molecule has 2 N–H and O–H groups in total. The molecule has 0 radical (unpaired) electrons. The number of H-pyrrole nitrogens is 1. The maximum atomic E-state index is 13.8. The lowest BCUT2D eigenvalue weighted by atomic mass is 9.85. The molecule has 8 heteroatoms. The zero-order valence-electron chi connectivity index (χ0n) is 16.7. The Morgan fingerprint density at radius 3 is 2.94 bits per heavy atom. The predicted molar refractivity (Wildman–Crippen MR) is 113 cm³/mol. The molecule has 2 aliphatic rings. The number of nitrogens with one attached hydrogen (secondary N) is 1. The number of pyridine rings is 1. The second kappa shape index (κ2) is 6.95. The highest BCUT2D eigenvalue weighted by molar-refractivity contribution is 6.06. The first-order valence-electron chi connectivity index (χ1n) is 9.90. The van der Waals surface area contributed by atoms with E-state index in [1.54, 1.807) is 18.5 Å². The number of hydrogen-bond acceptors (Lipinski definition) is 5. The molecule has 1 amide bonds. The van der Waals surface area contributed by atoms with E-state index in [4.69, 9.17) is 0 Å². The number of aliphatic hydroxyl groups is 1. The summed E-state index contributed by atoms with van der Waals surface area (Å²) in [7, 11) is 0. The van der Waals surface area contributed by atoms with Crippen LogP contribution in [-0.4, -0.2) is 31.8 Å². The molecule has 0 spiro atoms. The normalized spacial score (nSPS) is 22.7. The quantitative estimate of drug-likeness (QED) is 0.681. The average molecular weight is 418 g/mol. The molecular weight excluding hydrogens is 399 g/mol. The SMILES string of the molecule is CC1(O)C(=O)N(c2cncc(Cc3n[nH]c(=O)c4ccc(F)cc34)c2)C2=CC=CCC21. The molecule has 1 aliphatic heterocycles. The maximum absolute atomic E-state index is 13.8. The smallest absolute Gasteiger partial charge is 0.272 e. The molecule has 2 aromatic heterocycles. The maximum Gasteiger partial charge on any atom is 0.272 e. The zero-order valence-corrected chi connectivity index (χ0v) is 16.7. The fraction of sp³-hybridized carbons (Fsp3) is 0.217. The van der Waals surface area contributed by atoms with Gasteiger partial charge in [-0.05, 0) is 49.2 Å². The number of benzene rings is 1. The van der Waals surface area contributed by atoms with Gasteiger partial charge in [-0.1, -0.05) is 12.2 Å². The van der Waals surface area contributed by atoms with Gasteiger partial charge in [0.15, 0.2) is 0 Å². The van der Waals surface area contributed by atoms with E-state index in [-0.39, 0.29) is 17.9 Å². The van der Waals surface area contributed by atoms with Crippen LogP contribution in [0.25, 0.3) is 10.8 Å². The van der Waals surface area contributed by atoms with Crippen molar-refractivity contribution < 1.29 is 14.3 Å². The van der Waals surface area contributed by atoms with Gasteiger partial charge in [0.2, 0.25) is 0 Å². The Bertz CT molecular complexity index is 1340. The lowest BCUT2D eigenvalue weighted by Gasteiger charge is -2.22. The van der Waals surface area contributed by atoms with Crippen LogP contribution in [0.15, 0.2) is 65.4 Å². The van der Waals surface area contributed by atoms with Crippen molar-refractivity contribution in [1.29, 1.82) is 0 Å². The number of aromatic amines is 1. The summed E-state index contributed by atoms with van der Waals surface area (Å²) in [5.74, 6) is -1.18. The second-order valence-corrected chi connectivity index (χ2v) is 8.01. The van der Waals surface area contributed by atoms with Crippen LogP contribution in [0.5, 0.6) is 0 Å². The first-order chi connectivity index (χ1) is 14.9. The molecule has 1 fully saturated rings. The van der Waals surface area contributed by atoms with E-state index in [9.17, 15) is 19.1 Å². The van der Waals surface area contributed by atoms with Gasteiger partial charge in [0.25, 0.3) is 11.5 Å². The summed E-state index contributed by atoms with van der Waals surface area (Å²) in [5, 5.41) is 18.1. The average Bonchev–Trinajstić information content (AvgIpc) is 2.96. The number of carbonyl (C=O) groups is 1. The van der Waals surface area contributed by atoms with Gasteiger partial charge in [0.05, 0.1) is 23.0 Å². The number of anilines is 1. The van der Waals surface area contributed by atoms with Crippen LogP contribution in [0.4, 0.5) is 10.1 Å². The van der Waals surface area contributed by atoms with E-state index in [0.29, 0.717) is 28.6 Å². The van der Waals surface area contributed by atoms with Gasteiger partial charge >= 0.3 is 0 Å². The molecular formula is C23H19FN4O3. The van der Waals surface area contributed by atoms with Crippen LogP contribution in [0.2, 0.25) is 0 Å². The molecule has 156 valence electrons. The molecule has 31 heavy (non-hydrogen) atoms. The summed E-state index contributed by atoms with van der Waals surface area (Å²) in [6.45, 7) is 1.54. The van der Waals surface area contributed by atoms with E-state index in [1.807, 2.05) is 18.2 Å². The zero-order chi connectivity index (χ0) is 21.8. The van der Waals surface area contributed by atoms with E-state index < -0.39 is 17.3 Å². The fourth-order valence-corrected chi connectivity index (χ4v) is 4.34. The number of amides is 1. The van der Waals surface area contributed by atoms with Crippen LogP contribution in [-0.2, 0) is 11.2 Å². The second-order valence-electron chi connectivity index (χ2n) is 8.01.